The van der Waals surface area contributed by atoms with Crippen molar-refractivity contribution in [3.05, 3.63) is 71.8 Å². The SMILES string of the molecule is CC[C@@]1(c2ccccc2)NC(=O)N(CC(=O)N2CCN(S(=O)(=O)Cc3ccccc3)CC2)C1=O. The molecule has 0 unspecified atom stereocenters. The minimum absolute atomic E-state index is 0.0944. The fourth-order valence-electron chi connectivity index (χ4n) is 4.46. The second-order valence-corrected chi connectivity index (χ2v) is 10.4. The zero-order chi connectivity index (χ0) is 24.3. The Morgan fingerprint density at radius 1 is 0.941 bits per heavy atom. The quantitative estimate of drug-likeness (QED) is 0.600. The molecule has 2 heterocycles. The lowest BCUT2D eigenvalue weighted by Gasteiger charge is -2.34. The largest absolute Gasteiger partial charge is 0.338 e. The summed E-state index contributed by atoms with van der Waals surface area (Å²) in [6.45, 7) is 2.18. The van der Waals surface area contributed by atoms with Crippen LogP contribution in [0.15, 0.2) is 60.7 Å². The Labute approximate surface area is 199 Å². The van der Waals surface area contributed by atoms with Crippen LogP contribution in [0.1, 0.15) is 24.5 Å². The summed E-state index contributed by atoms with van der Waals surface area (Å²) in [4.78, 5) is 41.2. The number of sulfonamides is 1. The summed E-state index contributed by atoms with van der Waals surface area (Å²) in [5.41, 5.74) is 0.184. The number of piperazine rings is 1. The number of benzene rings is 2. The first-order valence-corrected chi connectivity index (χ1v) is 12.9. The summed E-state index contributed by atoms with van der Waals surface area (Å²) >= 11 is 0. The molecule has 10 heteroatoms. The van der Waals surface area contributed by atoms with Crippen LogP contribution in [0, 0.1) is 0 Å². The van der Waals surface area contributed by atoms with Gasteiger partial charge in [-0.3, -0.25) is 14.5 Å². The van der Waals surface area contributed by atoms with Crippen molar-refractivity contribution in [2.24, 2.45) is 0 Å². The van der Waals surface area contributed by atoms with E-state index in [-0.39, 0.29) is 44.4 Å². The highest BCUT2D eigenvalue weighted by molar-refractivity contribution is 7.88. The molecule has 0 radical (unpaired) electrons. The van der Waals surface area contributed by atoms with Crippen LogP contribution in [0.3, 0.4) is 0 Å². The van der Waals surface area contributed by atoms with Gasteiger partial charge in [-0.1, -0.05) is 67.6 Å². The van der Waals surface area contributed by atoms with E-state index in [2.05, 4.69) is 5.32 Å². The first-order valence-electron chi connectivity index (χ1n) is 11.3. The third-order valence-electron chi connectivity index (χ3n) is 6.44. The van der Waals surface area contributed by atoms with Crippen molar-refractivity contribution in [1.29, 1.82) is 0 Å². The van der Waals surface area contributed by atoms with Gasteiger partial charge in [0, 0.05) is 26.2 Å². The van der Waals surface area contributed by atoms with E-state index < -0.39 is 27.5 Å². The van der Waals surface area contributed by atoms with Gasteiger partial charge in [-0.15, -0.1) is 0 Å². The van der Waals surface area contributed by atoms with E-state index >= 15 is 0 Å². The van der Waals surface area contributed by atoms with E-state index in [9.17, 15) is 22.8 Å². The van der Waals surface area contributed by atoms with Gasteiger partial charge in [-0.2, -0.15) is 4.31 Å². The monoisotopic (exact) mass is 484 g/mol. The zero-order valence-electron chi connectivity index (χ0n) is 19.0. The number of urea groups is 1. The number of imide groups is 1. The maximum atomic E-state index is 13.2. The molecular weight excluding hydrogens is 456 g/mol. The predicted octanol–water partition coefficient (Wildman–Crippen LogP) is 1.52. The van der Waals surface area contributed by atoms with Gasteiger partial charge in [0.15, 0.2) is 0 Å². The fraction of sp³-hybridized carbons (Fsp3) is 0.375. The first-order chi connectivity index (χ1) is 16.3. The Kier molecular flexibility index (Phi) is 6.72. The molecule has 9 nitrogen and oxygen atoms in total. The normalized spacial score (nSPS) is 21.6. The van der Waals surface area contributed by atoms with Crippen molar-refractivity contribution >= 4 is 27.9 Å². The molecule has 1 N–H and O–H groups in total. The molecule has 4 amide bonds. The second-order valence-electron chi connectivity index (χ2n) is 8.47. The van der Waals surface area contributed by atoms with Gasteiger partial charge in [-0.05, 0) is 17.5 Å². The van der Waals surface area contributed by atoms with E-state index in [0.29, 0.717) is 17.5 Å². The third-order valence-corrected chi connectivity index (χ3v) is 8.29. The Hall–Kier alpha value is -3.24. The Balaban J connectivity index is 1.38. The average molecular weight is 485 g/mol. The maximum Gasteiger partial charge on any atom is 0.325 e. The number of carbonyl (C=O) groups is 3. The average Bonchev–Trinajstić information content (AvgIpc) is 3.10. The van der Waals surface area contributed by atoms with Crippen LogP contribution < -0.4 is 5.32 Å². The molecule has 1 atom stereocenters. The van der Waals surface area contributed by atoms with Crippen LogP contribution in [-0.2, 0) is 30.9 Å². The van der Waals surface area contributed by atoms with Crippen LogP contribution in [0.5, 0.6) is 0 Å². The van der Waals surface area contributed by atoms with Crippen LogP contribution in [0.25, 0.3) is 0 Å². The molecule has 0 bridgehead atoms. The van der Waals surface area contributed by atoms with E-state index in [0.717, 1.165) is 4.90 Å². The molecule has 4 rings (SSSR count). The molecule has 0 saturated carbocycles. The molecule has 0 aliphatic carbocycles. The molecule has 2 aliphatic rings. The van der Waals surface area contributed by atoms with Crippen LogP contribution in [0.2, 0.25) is 0 Å². The minimum Gasteiger partial charge on any atom is -0.338 e. The van der Waals surface area contributed by atoms with E-state index in [1.165, 1.54) is 9.21 Å². The van der Waals surface area contributed by atoms with Gasteiger partial charge in [-0.25, -0.2) is 13.2 Å². The number of hydrogen-bond donors (Lipinski definition) is 1. The molecule has 2 aliphatic heterocycles. The highest BCUT2D eigenvalue weighted by Gasteiger charge is 2.51. The number of carbonyl (C=O) groups excluding carboxylic acids is 3. The Morgan fingerprint density at radius 3 is 2.12 bits per heavy atom. The van der Waals surface area contributed by atoms with Gasteiger partial charge in [0.1, 0.15) is 12.1 Å². The molecular formula is C24H28N4O5S. The van der Waals surface area contributed by atoms with Crippen molar-refractivity contribution < 1.29 is 22.8 Å². The van der Waals surface area contributed by atoms with Crippen LogP contribution >= 0.6 is 0 Å². The summed E-state index contributed by atoms with van der Waals surface area (Å²) < 4.78 is 26.9. The minimum atomic E-state index is -3.51. The van der Waals surface area contributed by atoms with Crippen molar-refractivity contribution in [2.75, 3.05) is 32.7 Å². The van der Waals surface area contributed by atoms with E-state index in [4.69, 9.17) is 0 Å². The van der Waals surface area contributed by atoms with Gasteiger partial charge < -0.3 is 10.2 Å². The summed E-state index contributed by atoms with van der Waals surface area (Å²) in [7, 11) is -3.51. The Bertz CT molecular complexity index is 1160. The second kappa shape index (κ2) is 9.55. The highest BCUT2D eigenvalue weighted by Crippen LogP contribution is 2.32. The molecule has 180 valence electrons. The molecule has 2 aromatic rings. The molecule has 2 aromatic carbocycles. The smallest absolute Gasteiger partial charge is 0.325 e. The summed E-state index contributed by atoms with van der Waals surface area (Å²) in [5, 5.41) is 2.77. The lowest BCUT2D eigenvalue weighted by molar-refractivity contribution is -0.139. The number of nitrogens with zero attached hydrogens (tertiary/aromatic N) is 3. The molecule has 0 aromatic heterocycles. The predicted molar refractivity (Wildman–Crippen MR) is 126 cm³/mol. The fourth-order valence-corrected chi connectivity index (χ4v) is 5.97. The summed E-state index contributed by atoms with van der Waals surface area (Å²) in [5.74, 6) is -0.935. The van der Waals surface area contributed by atoms with Crippen molar-refractivity contribution in [3.8, 4) is 0 Å². The van der Waals surface area contributed by atoms with Crippen molar-refractivity contribution in [1.82, 2.24) is 19.4 Å². The molecule has 34 heavy (non-hydrogen) atoms. The maximum absolute atomic E-state index is 13.2. The number of hydrogen-bond acceptors (Lipinski definition) is 5. The van der Waals surface area contributed by atoms with Gasteiger partial charge in [0.25, 0.3) is 5.91 Å². The van der Waals surface area contributed by atoms with E-state index in [1.54, 1.807) is 48.5 Å². The Morgan fingerprint density at radius 2 is 1.53 bits per heavy atom. The topological polar surface area (TPSA) is 107 Å². The number of amides is 4. The number of rotatable bonds is 7. The zero-order valence-corrected chi connectivity index (χ0v) is 19.8. The standard InChI is InChI=1S/C24H28N4O5S/c1-2-24(20-11-7-4-8-12-20)22(30)28(23(31)25-24)17-21(29)26-13-15-27(16-14-26)34(32,33)18-19-9-5-3-6-10-19/h3-12H,2,13-18H2,1H3,(H,25,31)/t24-/m0/s1. The highest BCUT2D eigenvalue weighted by atomic mass is 32.2. The van der Waals surface area contributed by atoms with Crippen LogP contribution in [-0.4, -0.2) is 73.1 Å². The summed E-state index contributed by atoms with van der Waals surface area (Å²) in [6, 6.07) is 17.3. The lowest BCUT2D eigenvalue weighted by atomic mass is 9.87. The van der Waals surface area contributed by atoms with Crippen molar-refractivity contribution in [3.63, 3.8) is 0 Å². The van der Waals surface area contributed by atoms with Gasteiger partial charge in [0.2, 0.25) is 15.9 Å². The summed E-state index contributed by atoms with van der Waals surface area (Å²) in [6.07, 6.45) is 0.351. The first kappa shape index (κ1) is 23.9. The molecule has 0 spiro atoms. The van der Waals surface area contributed by atoms with Gasteiger partial charge >= 0.3 is 6.03 Å². The molecule has 2 fully saturated rings. The van der Waals surface area contributed by atoms with E-state index in [1.807, 2.05) is 19.1 Å². The van der Waals surface area contributed by atoms with Crippen molar-refractivity contribution in [2.45, 2.75) is 24.6 Å². The van der Waals surface area contributed by atoms with Gasteiger partial charge in [0.05, 0.1) is 5.75 Å². The number of nitrogens with one attached hydrogen (secondary N) is 1. The van der Waals surface area contributed by atoms with Crippen LogP contribution in [0.4, 0.5) is 4.79 Å². The lowest BCUT2D eigenvalue weighted by Crippen LogP contribution is -2.53. The molecule has 2 saturated heterocycles. The third kappa shape index (κ3) is 4.55.